The maximum Gasteiger partial charge on any atom is 0.0955 e. The van der Waals surface area contributed by atoms with E-state index >= 15 is 0 Å². The van der Waals surface area contributed by atoms with Gasteiger partial charge in [0.2, 0.25) is 0 Å². The lowest BCUT2D eigenvalue weighted by molar-refractivity contribution is 0.570. The van der Waals surface area contributed by atoms with Crippen molar-refractivity contribution in [2.75, 3.05) is 11.5 Å². The van der Waals surface area contributed by atoms with Crippen molar-refractivity contribution in [3.63, 3.8) is 0 Å². The van der Waals surface area contributed by atoms with Gasteiger partial charge in [0.05, 0.1) is 20.9 Å². The second-order valence-electron chi connectivity index (χ2n) is 10.3. The normalized spacial score (nSPS) is 10.5. The molecule has 3 aromatic rings. The van der Waals surface area contributed by atoms with E-state index < -0.39 is 0 Å². The van der Waals surface area contributed by atoms with Crippen LogP contribution in [0.25, 0.3) is 0 Å². The van der Waals surface area contributed by atoms with Gasteiger partial charge in [0, 0.05) is 33.3 Å². The highest BCUT2D eigenvalue weighted by atomic mass is 32.1. The summed E-state index contributed by atoms with van der Waals surface area (Å²) in [5.41, 5.74) is 16.2. The lowest BCUT2D eigenvalue weighted by Crippen LogP contribution is -2.01. The minimum Gasteiger partial charge on any atom is -0.399 e. The lowest BCUT2D eigenvalue weighted by atomic mass is 9.95. The van der Waals surface area contributed by atoms with E-state index in [1.165, 1.54) is 11.3 Å². The molecule has 0 aliphatic heterocycles. The zero-order valence-electron chi connectivity index (χ0n) is 21.2. The van der Waals surface area contributed by atoms with Gasteiger partial charge in [-0.1, -0.05) is 35.5 Å². The van der Waals surface area contributed by atoms with E-state index in [4.69, 9.17) is 11.5 Å². The van der Waals surface area contributed by atoms with Crippen molar-refractivity contribution in [1.29, 1.82) is 0 Å². The summed E-state index contributed by atoms with van der Waals surface area (Å²) in [6, 6.07) is 15.1. The lowest BCUT2D eigenvalue weighted by Gasteiger charge is -2.07. The Bertz CT molecular complexity index is 1340. The van der Waals surface area contributed by atoms with E-state index in [9.17, 15) is 0 Å². The summed E-state index contributed by atoms with van der Waals surface area (Å²) < 4.78 is 0. The van der Waals surface area contributed by atoms with Crippen molar-refractivity contribution in [3.05, 3.63) is 80.5 Å². The molecule has 1 heterocycles. The summed E-state index contributed by atoms with van der Waals surface area (Å²) in [6.45, 7) is 12.6. The Balaban J connectivity index is 2.23. The standard InChI is InChI=1S/C32H30N2S/c1-31(2,3)21-19-27-28(20-22-32(4,5)6)30(18-12-24-9-15-26(34)16-10-24)35-29(27)17-11-23-7-13-25(33)14-8-23/h7-10,13-16H,33-34H2,1-6H3. The van der Waals surface area contributed by atoms with Crippen molar-refractivity contribution < 1.29 is 0 Å². The van der Waals surface area contributed by atoms with Gasteiger partial charge >= 0.3 is 0 Å². The quantitative estimate of drug-likeness (QED) is 0.288. The van der Waals surface area contributed by atoms with Gasteiger partial charge in [0.15, 0.2) is 0 Å². The van der Waals surface area contributed by atoms with Gasteiger partial charge < -0.3 is 11.5 Å². The summed E-state index contributed by atoms with van der Waals surface area (Å²) in [6.07, 6.45) is 0. The Morgan fingerprint density at radius 3 is 1.17 bits per heavy atom. The van der Waals surface area contributed by atoms with Crippen LogP contribution in [0.4, 0.5) is 11.4 Å². The van der Waals surface area contributed by atoms with Crippen molar-refractivity contribution in [1.82, 2.24) is 0 Å². The zero-order valence-corrected chi connectivity index (χ0v) is 22.0. The first-order chi connectivity index (χ1) is 16.4. The predicted octanol–water partition coefficient (Wildman–Crippen LogP) is 6.51. The summed E-state index contributed by atoms with van der Waals surface area (Å²) in [7, 11) is 0. The highest BCUT2D eigenvalue weighted by Gasteiger charge is 2.15. The maximum atomic E-state index is 5.82. The predicted molar refractivity (Wildman–Crippen MR) is 151 cm³/mol. The average Bonchev–Trinajstić information content (AvgIpc) is 3.11. The molecular weight excluding hydrogens is 444 g/mol. The molecule has 0 amide bonds. The molecular formula is C32H30N2S. The van der Waals surface area contributed by atoms with Gasteiger partial charge in [-0.3, -0.25) is 0 Å². The number of nitrogens with two attached hydrogens (primary N) is 2. The average molecular weight is 475 g/mol. The number of hydrogen-bond donors (Lipinski definition) is 2. The smallest absolute Gasteiger partial charge is 0.0955 e. The minimum absolute atomic E-state index is 0.159. The third kappa shape index (κ3) is 8.05. The molecule has 0 saturated carbocycles. The van der Waals surface area contributed by atoms with Crippen LogP contribution >= 0.6 is 11.3 Å². The third-order valence-electron chi connectivity index (χ3n) is 4.50. The molecule has 0 spiro atoms. The van der Waals surface area contributed by atoms with Gasteiger partial charge in [-0.15, -0.1) is 11.3 Å². The molecule has 0 aliphatic carbocycles. The van der Waals surface area contributed by atoms with Crippen molar-refractivity contribution in [3.8, 4) is 47.4 Å². The zero-order chi connectivity index (χ0) is 25.6. The van der Waals surface area contributed by atoms with Gasteiger partial charge in [-0.2, -0.15) is 0 Å². The van der Waals surface area contributed by atoms with Crippen LogP contribution in [-0.2, 0) is 0 Å². The second kappa shape index (κ2) is 10.5. The highest BCUT2D eigenvalue weighted by molar-refractivity contribution is 7.13. The monoisotopic (exact) mass is 474 g/mol. The van der Waals surface area contributed by atoms with E-state index in [1.54, 1.807) is 0 Å². The summed E-state index contributed by atoms with van der Waals surface area (Å²) >= 11 is 1.53. The first-order valence-electron chi connectivity index (χ1n) is 11.4. The van der Waals surface area contributed by atoms with Gasteiger partial charge in [0.1, 0.15) is 0 Å². The molecule has 3 heteroatoms. The Morgan fingerprint density at radius 2 is 0.857 bits per heavy atom. The Morgan fingerprint density at radius 1 is 0.514 bits per heavy atom. The third-order valence-corrected chi connectivity index (χ3v) is 5.52. The van der Waals surface area contributed by atoms with Gasteiger partial charge in [0.25, 0.3) is 0 Å². The topological polar surface area (TPSA) is 52.0 Å². The molecule has 2 nitrogen and oxygen atoms in total. The van der Waals surface area contributed by atoms with E-state index in [1.807, 2.05) is 48.5 Å². The van der Waals surface area contributed by atoms with Crippen molar-refractivity contribution in [2.24, 2.45) is 10.8 Å². The molecule has 35 heavy (non-hydrogen) atoms. The van der Waals surface area contributed by atoms with E-state index in [2.05, 4.69) is 88.9 Å². The molecule has 0 fully saturated rings. The van der Waals surface area contributed by atoms with E-state index in [-0.39, 0.29) is 10.8 Å². The Kier molecular flexibility index (Phi) is 7.68. The van der Waals surface area contributed by atoms with Crippen LogP contribution in [0.2, 0.25) is 0 Å². The molecule has 0 bridgehead atoms. The number of hydrogen-bond acceptors (Lipinski definition) is 3. The molecule has 1 aromatic heterocycles. The molecule has 0 aliphatic rings. The first kappa shape index (κ1) is 25.6. The second-order valence-corrected chi connectivity index (χ2v) is 11.3. The number of benzene rings is 2. The molecule has 174 valence electrons. The molecule has 0 saturated heterocycles. The summed E-state index contributed by atoms with van der Waals surface area (Å²) in [5.74, 6) is 26.6. The highest BCUT2D eigenvalue weighted by Crippen LogP contribution is 2.28. The number of nitrogen functional groups attached to an aromatic ring is 2. The molecule has 0 radical (unpaired) electrons. The van der Waals surface area contributed by atoms with E-state index in [0.717, 1.165) is 32.0 Å². The molecule has 0 atom stereocenters. The van der Waals surface area contributed by atoms with Crippen LogP contribution in [0.3, 0.4) is 0 Å². The number of thiophene rings is 1. The van der Waals surface area contributed by atoms with E-state index in [0.29, 0.717) is 11.4 Å². The van der Waals surface area contributed by atoms with Crippen LogP contribution in [0.1, 0.15) is 73.6 Å². The van der Waals surface area contributed by atoms with Crippen LogP contribution in [0, 0.1) is 58.2 Å². The summed E-state index contributed by atoms with van der Waals surface area (Å²) in [4.78, 5) is 1.72. The molecule has 2 aromatic carbocycles. The van der Waals surface area contributed by atoms with Crippen molar-refractivity contribution in [2.45, 2.75) is 41.5 Å². The fourth-order valence-corrected chi connectivity index (χ4v) is 3.66. The van der Waals surface area contributed by atoms with Crippen LogP contribution in [0.5, 0.6) is 0 Å². The largest absolute Gasteiger partial charge is 0.399 e. The minimum atomic E-state index is -0.159. The first-order valence-corrected chi connectivity index (χ1v) is 12.2. The van der Waals surface area contributed by atoms with Crippen molar-refractivity contribution >= 4 is 22.7 Å². The Hall–Kier alpha value is -4.02. The van der Waals surface area contributed by atoms with Gasteiger partial charge in [-0.05, 0) is 102 Å². The summed E-state index contributed by atoms with van der Waals surface area (Å²) in [5, 5.41) is 0. The molecule has 3 rings (SSSR count). The van der Waals surface area contributed by atoms with Gasteiger partial charge in [-0.25, -0.2) is 0 Å². The number of anilines is 2. The number of rotatable bonds is 0. The van der Waals surface area contributed by atoms with Crippen LogP contribution in [-0.4, -0.2) is 0 Å². The van der Waals surface area contributed by atoms with Crippen LogP contribution in [0.15, 0.2) is 48.5 Å². The fourth-order valence-electron chi connectivity index (χ4n) is 2.74. The molecule has 0 unspecified atom stereocenters. The fraction of sp³-hybridized carbons (Fsp3) is 0.250. The maximum absolute atomic E-state index is 5.82. The SMILES string of the molecule is CC(C)(C)C#Cc1c(C#Cc2ccc(N)cc2)sc(C#Cc2ccc(N)cc2)c1C#CC(C)(C)C. The van der Waals surface area contributed by atoms with Crippen LogP contribution < -0.4 is 11.5 Å². The Labute approximate surface area is 214 Å². The molecule has 4 N–H and O–H groups in total.